The lowest BCUT2D eigenvalue weighted by atomic mass is 9.76. The molecule has 15 heavy (non-hydrogen) atoms. The zero-order valence-electron chi connectivity index (χ0n) is 8.30. The largest absolute Gasteiger partial charge is 0.517 e. The first kappa shape index (κ1) is 11.4. The number of benzene rings is 1. The Bertz CT molecular complexity index is 370. The van der Waals surface area contributed by atoms with Crippen molar-refractivity contribution in [2.45, 2.75) is 13.3 Å². The summed E-state index contributed by atoms with van der Waals surface area (Å²) in [6.45, 7) is 1.74. The Balaban J connectivity index is 2.82. The number of nitroso groups, excluding NO2 is 1. The molecule has 0 bridgehead atoms. The van der Waals surface area contributed by atoms with Crippen LogP contribution in [0, 0.1) is 4.91 Å². The van der Waals surface area contributed by atoms with E-state index in [0.29, 0.717) is 17.6 Å². The summed E-state index contributed by atoms with van der Waals surface area (Å²) >= 11 is 0. The van der Waals surface area contributed by atoms with Crippen molar-refractivity contribution >= 4 is 24.1 Å². The third-order valence-electron chi connectivity index (χ3n) is 1.89. The predicted octanol–water partition coefficient (Wildman–Crippen LogP) is 0.489. The fraction of sp³-hybridized carbons (Fsp3) is 0.222. The first-order valence-corrected chi connectivity index (χ1v) is 4.57. The summed E-state index contributed by atoms with van der Waals surface area (Å²) in [5.41, 5.74) is 0.904. The average molecular weight is 206 g/mol. The second kappa shape index (κ2) is 5.26. The highest BCUT2D eigenvalue weighted by Crippen LogP contribution is 2.04. The second-order valence-corrected chi connectivity index (χ2v) is 3.01. The third-order valence-corrected chi connectivity index (χ3v) is 1.89. The Hall–Kier alpha value is -1.69. The minimum absolute atomic E-state index is 0.124. The molecule has 0 aliphatic heterocycles. The van der Waals surface area contributed by atoms with E-state index in [0.717, 1.165) is 0 Å². The topological polar surface area (TPSA) is 78.8 Å². The highest BCUT2D eigenvalue weighted by atomic mass is 16.3. The van der Waals surface area contributed by atoms with E-state index in [4.69, 9.17) is 5.02 Å². The van der Waals surface area contributed by atoms with E-state index >= 15 is 0 Å². The maximum absolute atomic E-state index is 11.1. The molecule has 1 rings (SSSR count). The van der Waals surface area contributed by atoms with Crippen molar-refractivity contribution < 1.29 is 9.82 Å². The van der Waals surface area contributed by atoms with Gasteiger partial charge in [0.1, 0.15) is 0 Å². The van der Waals surface area contributed by atoms with Crippen LogP contribution in [-0.4, -0.2) is 18.0 Å². The van der Waals surface area contributed by atoms with Crippen LogP contribution in [0.1, 0.15) is 13.3 Å². The van der Waals surface area contributed by atoms with Crippen LogP contribution in [0.25, 0.3) is 0 Å². The van der Waals surface area contributed by atoms with Crippen LogP contribution in [0.3, 0.4) is 0 Å². The predicted molar refractivity (Wildman–Crippen MR) is 58.8 cm³/mol. The van der Waals surface area contributed by atoms with Crippen molar-refractivity contribution in [1.29, 1.82) is 0 Å². The number of anilines is 1. The van der Waals surface area contributed by atoms with E-state index < -0.39 is 7.05 Å². The molecule has 6 heteroatoms. The molecule has 78 valence electrons. The molecule has 0 aromatic heterocycles. The first-order chi connectivity index (χ1) is 7.17. The van der Waals surface area contributed by atoms with Crippen molar-refractivity contribution in [3.05, 3.63) is 29.2 Å². The summed E-state index contributed by atoms with van der Waals surface area (Å²) in [6, 6.07) is 6.39. The van der Waals surface area contributed by atoms with E-state index in [9.17, 15) is 9.70 Å². The Labute approximate surface area is 87.6 Å². The summed E-state index contributed by atoms with van der Waals surface area (Å²) in [7, 11) is -1.39. The molecule has 5 nitrogen and oxygen atoms in total. The number of hydrogen-bond donors (Lipinski definition) is 2. The Morgan fingerprint density at radius 2 is 2.33 bits per heavy atom. The fourth-order valence-electron chi connectivity index (χ4n) is 1.09. The van der Waals surface area contributed by atoms with Crippen molar-refractivity contribution in [2.75, 3.05) is 5.32 Å². The second-order valence-electron chi connectivity index (χ2n) is 3.01. The molecular weight excluding hydrogens is 195 g/mol. The van der Waals surface area contributed by atoms with E-state index in [1.165, 1.54) is 6.07 Å². The number of rotatable bonds is 4. The summed E-state index contributed by atoms with van der Waals surface area (Å²) in [5, 5.41) is 14.3. The van der Waals surface area contributed by atoms with Gasteiger partial charge < -0.3 is 10.3 Å². The smallest absolute Gasteiger partial charge is 0.425 e. The zero-order valence-corrected chi connectivity index (χ0v) is 8.30. The molecule has 2 N–H and O–H groups in total. The van der Waals surface area contributed by atoms with Gasteiger partial charge in [0.05, 0.1) is 0 Å². The lowest BCUT2D eigenvalue weighted by Crippen LogP contribution is -2.28. The van der Waals surface area contributed by atoms with E-state index in [-0.39, 0.29) is 5.91 Å². The minimum Gasteiger partial charge on any atom is -0.425 e. The van der Waals surface area contributed by atoms with Gasteiger partial charge in [-0.2, -0.15) is 4.91 Å². The molecule has 0 aliphatic carbocycles. The molecule has 0 atom stereocenters. The minimum atomic E-state index is -1.39. The van der Waals surface area contributed by atoms with Crippen molar-refractivity contribution in [3.8, 4) is 0 Å². The van der Waals surface area contributed by atoms with Crippen LogP contribution in [0.2, 0.25) is 0 Å². The molecule has 0 unspecified atom stereocenters. The number of amides is 1. The SMILES string of the molecule is CCC(=O)Nc1cccc(B(O)N=O)c1. The highest BCUT2D eigenvalue weighted by molar-refractivity contribution is 6.64. The summed E-state index contributed by atoms with van der Waals surface area (Å²) in [6.07, 6.45) is 0.374. The summed E-state index contributed by atoms with van der Waals surface area (Å²) in [5.74, 6) is -0.124. The van der Waals surface area contributed by atoms with Gasteiger partial charge in [0.15, 0.2) is 0 Å². The van der Waals surface area contributed by atoms with Crippen molar-refractivity contribution in [3.63, 3.8) is 0 Å². The average Bonchev–Trinajstić information content (AvgIpc) is 2.28. The molecule has 0 saturated carbocycles. The van der Waals surface area contributed by atoms with Gasteiger partial charge in [0.2, 0.25) is 5.91 Å². The van der Waals surface area contributed by atoms with E-state index in [1.807, 2.05) is 0 Å². The zero-order chi connectivity index (χ0) is 11.3. The van der Waals surface area contributed by atoms with Crippen LogP contribution in [0.4, 0.5) is 5.69 Å². The first-order valence-electron chi connectivity index (χ1n) is 4.57. The van der Waals surface area contributed by atoms with Gasteiger partial charge in [0.25, 0.3) is 0 Å². The molecule has 0 heterocycles. The van der Waals surface area contributed by atoms with Crippen molar-refractivity contribution in [1.82, 2.24) is 0 Å². The molecule has 0 fully saturated rings. The molecule has 1 aromatic rings. The quantitative estimate of drug-likeness (QED) is 0.555. The summed E-state index contributed by atoms with van der Waals surface area (Å²) < 4.78 is 0. The standard InChI is InChI=1S/C9H11BN2O3/c1-2-9(13)11-8-5-3-4-7(6-8)10(14)12-15/h3-6,14H,2H2,1H3,(H,11,13). The Morgan fingerprint density at radius 3 is 2.93 bits per heavy atom. The number of carbonyl (C=O) groups is 1. The number of nitrogens with one attached hydrogen (secondary N) is 1. The van der Waals surface area contributed by atoms with Gasteiger partial charge in [-0.05, 0) is 17.6 Å². The molecule has 0 spiro atoms. The lowest BCUT2D eigenvalue weighted by Gasteiger charge is -2.05. The molecule has 1 aromatic carbocycles. The number of hydrogen-bond acceptors (Lipinski definition) is 4. The maximum atomic E-state index is 11.1. The van der Waals surface area contributed by atoms with Gasteiger partial charge in [-0.15, -0.1) is 0 Å². The molecule has 0 saturated heterocycles. The summed E-state index contributed by atoms with van der Waals surface area (Å²) in [4.78, 5) is 21.2. The van der Waals surface area contributed by atoms with Crippen LogP contribution in [0.15, 0.2) is 29.4 Å². The Kier molecular flexibility index (Phi) is 3.99. The van der Waals surface area contributed by atoms with Gasteiger partial charge in [-0.1, -0.05) is 24.1 Å². The highest BCUT2D eigenvalue weighted by Gasteiger charge is 2.15. The van der Waals surface area contributed by atoms with Crippen LogP contribution in [0.5, 0.6) is 0 Å². The molecular formula is C9H11BN2O3. The molecule has 0 radical (unpaired) electrons. The van der Waals surface area contributed by atoms with E-state index in [2.05, 4.69) is 10.4 Å². The number of nitrogens with zero attached hydrogens (tertiary/aromatic N) is 1. The monoisotopic (exact) mass is 206 g/mol. The lowest BCUT2D eigenvalue weighted by molar-refractivity contribution is -0.115. The fourth-order valence-corrected chi connectivity index (χ4v) is 1.09. The molecule has 1 amide bonds. The number of carbonyl (C=O) groups excluding carboxylic acids is 1. The Morgan fingerprint density at radius 1 is 1.60 bits per heavy atom. The van der Waals surface area contributed by atoms with Crippen LogP contribution >= 0.6 is 0 Å². The van der Waals surface area contributed by atoms with Gasteiger partial charge in [0, 0.05) is 12.1 Å². The van der Waals surface area contributed by atoms with Gasteiger partial charge in [-0.3, -0.25) is 4.79 Å². The normalized spacial score (nSPS) is 9.47. The van der Waals surface area contributed by atoms with Crippen molar-refractivity contribution in [2.24, 2.45) is 5.09 Å². The van der Waals surface area contributed by atoms with Crippen LogP contribution in [-0.2, 0) is 4.79 Å². The van der Waals surface area contributed by atoms with Crippen LogP contribution < -0.4 is 10.8 Å². The van der Waals surface area contributed by atoms with Gasteiger partial charge >= 0.3 is 7.05 Å². The third kappa shape index (κ3) is 3.17. The molecule has 0 aliphatic rings. The van der Waals surface area contributed by atoms with E-state index in [1.54, 1.807) is 25.1 Å². The van der Waals surface area contributed by atoms with Gasteiger partial charge in [-0.25, -0.2) is 0 Å². The maximum Gasteiger partial charge on any atom is 0.517 e.